The number of aliphatic carboxylic acids is 1. The zero-order valence-electron chi connectivity index (χ0n) is 24.7. The Hall–Kier alpha value is -4.68. The molecule has 2 N–H and O–H groups in total. The third kappa shape index (κ3) is 7.99. The third-order valence-corrected chi connectivity index (χ3v) is 7.22. The summed E-state index contributed by atoms with van der Waals surface area (Å²) in [4.78, 5) is 68.0. The molecule has 0 aliphatic carbocycles. The fourth-order valence-electron chi connectivity index (χ4n) is 4.94. The molecule has 3 rings (SSSR count). The molecule has 1 unspecified atom stereocenters. The van der Waals surface area contributed by atoms with Gasteiger partial charge in [0.25, 0.3) is 5.91 Å². The van der Waals surface area contributed by atoms with Crippen molar-refractivity contribution < 1.29 is 52.8 Å². The molecular weight excluding hydrogens is 564 g/mol. The van der Waals surface area contributed by atoms with Gasteiger partial charge in [0.05, 0.1) is 18.4 Å². The van der Waals surface area contributed by atoms with Gasteiger partial charge in [0, 0.05) is 24.6 Å². The Labute approximate surface area is 248 Å². The molecule has 1 saturated heterocycles. The number of esters is 3. The van der Waals surface area contributed by atoms with Crippen LogP contribution in [-0.2, 0) is 39.8 Å². The first-order valence-electron chi connectivity index (χ1n) is 13.7. The summed E-state index contributed by atoms with van der Waals surface area (Å²) < 4.78 is 26.8. The zero-order chi connectivity index (χ0) is 31.7. The summed E-state index contributed by atoms with van der Waals surface area (Å²) in [5, 5.41) is 12.5. The van der Waals surface area contributed by atoms with Crippen molar-refractivity contribution in [2.45, 2.75) is 52.7 Å². The van der Waals surface area contributed by atoms with E-state index < -0.39 is 72.6 Å². The highest BCUT2D eigenvalue weighted by atomic mass is 16.7. The Kier molecular flexibility index (Phi) is 11.1. The maximum absolute atomic E-state index is 13.5. The van der Waals surface area contributed by atoms with E-state index in [1.165, 1.54) is 40.1 Å². The van der Waals surface area contributed by atoms with Crippen molar-refractivity contribution in [1.82, 2.24) is 10.3 Å². The summed E-state index contributed by atoms with van der Waals surface area (Å²) in [6, 6.07) is 8.95. The Morgan fingerprint density at radius 3 is 2.44 bits per heavy atom. The van der Waals surface area contributed by atoms with Crippen LogP contribution in [0.5, 0.6) is 11.5 Å². The van der Waals surface area contributed by atoms with Crippen LogP contribution in [0.25, 0.3) is 0 Å². The number of aromatic nitrogens is 1. The molecule has 0 radical (unpaired) electrons. The van der Waals surface area contributed by atoms with Crippen LogP contribution in [-0.4, -0.2) is 72.5 Å². The second kappa shape index (κ2) is 14.5. The van der Waals surface area contributed by atoms with E-state index >= 15 is 0 Å². The third-order valence-electron chi connectivity index (χ3n) is 7.22. The largest absolute Gasteiger partial charge is 0.493 e. The highest BCUT2D eigenvalue weighted by Crippen LogP contribution is 2.40. The number of carboxylic acid groups (broad SMARTS) is 1. The van der Waals surface area contributed by atoms with E-state index in [1.54, 1.807) is 31.2 Å². The van der Waals surface area contributed by atoms with E-state index in [-0.39, 0.29) is 30.0 Å². The average molecular weight is 601 g/mol. The molecule has 13 heteroatoms. The van der Waals surface area contributed by atoms with Crippen molar-refractivity contribution in [1.29, 1.82) is 0 Å². The monoisotopic (exact) mass is 600 g/mol. The molecule has 2 heterocycles. The molecule has 232 valence electrons. The Morgan fingerprint density at radius 2 is 1.81 bits per heavy atom. The number of amides is 1. The summed E-state index contributed by atoms with van der Waals surface area (Å²) >= 11 is 0. The molecule has 2 aromatic rings. The van der Waals surface area contributed by atoms with E-state index in [2.05, 4.69) is 10.3 Å². The average Bonchev–Trinajstić information content (AvgIpc) is 3.01. The molecule has 1 aliphatic rings. The van der Waals surface area contributed by atoms with Gasteiger partial charge in [-0.3, -0.25) is 19.2 Å². The van der Waals surface area contributed by atoms with Crippen LogP contribution in [0, 0.1) is 17.3 Å². The van der Waals surface area contributed by atoms with Crippen molar-refractivity contribution in [2.24, 2.45) is 17.3 Å². The van der Waals surface area contributed by atoms with E-state index in [0.717, 1.165) is 5.56 Å². The summed E-state index contributed by atoms with van der Waals surface area (Å²) in [5.41, 5.74) is -1.04. The van der Waals surface area contributed by atoms with Crippen molar-refractivity contribution in [3.05, 3.63) is 53.9 Å². The molecule has 13 nitrogen and oxygen atoms in total. The predicted molar refractivity (Wildman–Crippen MR) is 149 cm³/mol. The van der Waals surface area contributed by atoms with Crippen LogP contribution in [0.3, 0.4) is 0 Å². The van der Waals surface area contributed by atoms with E-state index in [1.807, 2.05) is 6.07 Å². The number of nitrogens with zero attached hydrogens (tertiary/aromatic N) is 1. The van der Waals surface area contributed by atoms with Crippen molar-refractivity contribution in [3.63, 3.8) is 0 Å². The maximum Gasteiger partial charge on any atom is 0.332 e. The number of methoxy groups -OCH3 is 1. The van der Waals surface area contributed by atoms with E-state index in [4.69, 9.17) is 23.7 Å². The molecule has 1 aromatic carbocycles. The minimum atomic E-state index is -1.50. The lowest BCUT2D eigenvalue weighted by Crippen LogP contribution is -2.48. The van der Waals surface area contributed by atoms with Crippen LogP contribution < -0.4 is 14.8 Å². The molecule has 1 fully saturated rings. The lowest BCUT2D eigenvalue weighted by atomic mass is 9.67. The smallest absolute Gasteiger partial charge is 0.332 e. The highest BCUT2D eigenvalue weighted by molar-refractivity contribution is 5.98. The normalized spacial score (nSPS) is 20.8. The molecule has 4 atom stereocenters. The number of carboxylic acids is 1. The van der Waals surface area contributed by atoms with Gasteiger partial charge in [0.15, 0.2) is 23.2 Å². The van der Waals surface area contributed by atoms with Crippen molar-refractivity contribution in [3.8, 4) is 11.5 Å². The van der Waals surface area contributed by atoms with Crippen LogP contribution in [0.4, 0.5) is 0 Å². The Morgan fingerprint density at radius 1 is 1.12 bits per heavy atom. The first kappa shape index (κ1) is 32.8. The van der Waals surface area contributed by atoms with Crippen LogP contribution in [0.15, 0.2) is 42.6 Å². The van der Waals surface area contributed by atoms with Crippen LogP contribution >= 0.6 is 0 Å². The number of hydrogen-bond acceptors (Lipinski definition) is 11. The van der Waals surface area contributed by atoms with Crippen LogP contribution in [0.2, 0.25) is 0 Å². The van der Waals surface area contributed by atoms with Crippen molar-refractivity contribution in [2.75, 3.05) is 20.5 Å². The second-order valence-electron chi connectivity index (χ2n) is 10.5. The van der Waals surface area contributed by atoms with Gasteiger partial charge in [0.2, 0.25) is 6.79 Å². The summed E-state index contributed by atoms with van der Waals surface area (Å²) in [5.74, 6) is -6.32. The molecule has 1 amide bonds. The zero-order valence-corrected chi connectivity index (χ0v) is 24.7. The first-order chi connectivity index (χ1) is 20.4. The molecule has 1 aromatic heterocycles. The standard InChI is InChI=1S/C30H36N2O11/c1-6-22(33)41-16-42-25-21(39-5)12-13-31-24(25)26(34)32-20-15-40-27(35)19(14-18-10-8-7-9-11-18)23(17(2)43-28(20)36)30(3,4)29(37)38/h7-13,17,19-20,23H,6,14-16H2,1-5H3,(H,32,34)(H,37,38)/t17-,19+,20?,23+/m0/s1. The van der Waals surface area contributed by atoms with Gasteiger partial charge >= 0.3 is 23.9 Å². The number of cyclic esters (lactones) is 2. The Bertz CT molecular complexity index is 1330. The minimum absolute atomic E-state index is 0.104. The predicted octanol–water partition coefficient (Wildman–Crippen LogP) is 2.55. The van der Waals surface area contributed by atoms with Gasteiger partial charge in [0.1, 0.15) is 12.7 Å². The minimum Gasteiger partial charge on any atom is -0.493 e. The molecular formula is C30H36N2O11. The van der Waals surface area contributed by atoms with Crippen LogP contribution in [0.1, 0.15) is 50.2 Å². The molecule has 0 saturated carbocycles. The first-order valence-corrected chi connectivity index (χ1v) is 13.7. The molecule has 43 heavy (non-hydrogen) atoms. The molecule has 1 aliphatic heterocycles. The number of pyridine rings is 1. The quantitative estimate of drug-likeness (QED) is 0.219. The number of hydrogen-bond donors (Lipinski definition) is 2. The fraction of sp³-hybridized carbons (Fsp3) is 0.467. The highest BCUT2D eigenvalue weighted by Gasteiger charge is 2.50. The van der Waals surface area contributed by atoms with Crippen molar-refractivity contribution >= 4 is 29.8 Å². The lowest BCUT2D eigenvalue weighted by molar-refractivity contribution is -0.168. The maximum atomic E-state index is 13.5. The summed E-state index contributed by atoms with van der Waals surface area (Å²) in [6.07, 6.45) is 0.462. The van der Waals surface area contributed by atoms with Gasteiger partial charge < -0.3 is 34.1 Å². The fourth-order valence-corrected chi connectivity index (χ4v) is 4.94. The molecule has 0 spiro atoms. The Balaban J connectivity index is 1.90. The van der Waals surface area contributed by atoms with Gasteiger partial charge in [-0.15, -0.1) is 0 Å². The number of benzene rings is 1. The number of carbonyl (C=O) groups excluding carboxylic acids is 4. The van der Waals surface area contributed by atoms with Gasteiger partial charge in [-0.05, 0) is 32.8 Å². The SMILES string of the molecule is CCC(=O)OCOc1c(OC)ccnc1C(=O)NC1COC(=O)[C@H](Cc2ccccc2)[C@H](C(C)(C)C(=O)O)[C@H](C)OC1=O. The number of ether oxygens (including phenoxy) is 5. The van der Waals surface area contributed by atoms with E-state index in [0.29, 0.717) is 0 Å². The molecule has 0 bridgehead atoms. The van der Waals surface area contributed by atoms with Gasteiger partial charge in [-0.2, -0.15) is 0 Å². The van der Waals surface area contributed by atoms with Gasteiger partial charge in [-0.1, -0.05) is 37.3 Å². The van der Waals surface area contributed by atoms with Gasteiger partial charge in [-0.25, -0.2) is 9.78 Å². The lowest BCUT2D eigenvalue weighted by Gasteiger charge is -2.38. The van der Waals surface area contributed by atoms with E-state index in [9.17, 15) is 29.1 Å². The topological polar surface area (TPSA) is 177 Å². The summed E-state index contributed by atoms with van der Waals surface area (Å²) in [6.45, 7) is 4.91. The number of carbonyl (C=O) groups is 5. The second-order valence-corrected chi connectivity index (χ2v) is 10.5. The summed E-state index contributed by atoms with van der Waals surface area (Å²) in [7, 11) is 1.33. The number of rotatable bonds is 11. The number of nitrogens with one attached hydrogen (secondary N) is 1.